The van der Waals surface area contributed by atoms with E-state index in [1.54, 1.807) is 37.4 Å². The van der Waals surface area contributed by atoms with E-state index in [9.17, 15) is 9.90 Å². The maximum Gasteiger partial charge on any atom is 0.416 e. The molecular weight excluding hydrogens is 369 g/mol. The molecule has 0 aliphatic rings. The van der Waals surface area contributed by atoms with Crippen LogP contribution >= 0.6 is 22.6 Å². The molecule has 0 aromatic heterocycles. The average molecular weight is 383 g/mol. The number of ether oxygens (including phenoxy) is 1. The van der Waals surface area contributed by atoms with E-state index in [1.165, 1.54) is 4.90 Å². The Bertz CT molecular complexity index is 626. The summed E-state index contributed by atoms with van der Waals surface area (Å²) in [7, 11) is 1.57. The fraction of sp³-hybridized carbons (Fsp3) is 0.133. The molecule has 2 aromatic rings. The predicted octanol–water partition coefficient (Wildman–Crippen LogP) is 4.42. The fourth-order valence-corrected chi connectivity index (χ4v) is 2.70. The Morgan fingerprint density at radius 3 is 2.40 bits per heavy atom. The summed E-state index contributed by atoms with van der Waals surface area (Å²) in [5, 5.41) is 9.52. The number of methoxy groups -OCH3 is 1. The summed E-state index contributed by atoms with van der Waals surface area (Å²) in [5.41, 5.74) is 2.27. The van der Waals surface area contributed by atoms with Gasteiger partial charge in [0.1, 0.15) is 5.75 Å². The molecule has 2 rings (SSSR count). The third-order valence-corrected chi connectivity index (χ3v) is 3.97. The second kappa shape index (κ2) is 6.13. The van der Waals surface area contributed by atoms with E-state index in [0.717, 1.165) is 9.13 Å². The number of nitrogens with zero attached hydrogens (tertiary/aromatic N) is 1. The van der Waals surface area contributed by atoms with Crippen LogP contribution in [0.15, 0.2) is 42.5 Å². The van der Waals surface area contributed by atoms with Crippen molar-refractivity contribution in [3.05, 3.63) is 51.6 Å². The number of hydrogen-bond acceptors (Lipinski definition) is 2. The van der Waals surface area contributed by atoms with Gasteiger partial charge in [0.25, 0.3) is 0 Å². The van der Waals surface area contributed by atoms with E-state index >= 15 is 0 Å². The molecule has 1 N–H and O–H groups in total. The normalized spacial score (nSPS) is 10.2. The number of amides is 1. The Morgan fingerprint density at radius 1 is 1.20 bits per heavy atom. The molecule has 0 bridgehead atoms. The van der Waals surface area contributed by atoms with Gasteiger partial charge in [-0.3, -0.25) is 0 Å². The zero-order valence-corrected chi connectivity index (χ0v) is 13.3. The van der Waals surface area contributed by atoms with Crippen LogP contribution in [0.25, 0.3) is 0 Å². The van der Waals surface area contributed by atoms with Gasteiger partial charge in [-0.25, -0.2) is 9.69 Å². The molecule has 0 spiro atoms. The van der Waals surface area contributed by atoms with E-state index < -0.39 is 6.09 Å². The van der Waals surface area contributed by atoms with Crippen molar-refractivity contribution in [2.24, 2.45) is 0 Å². The molecule has 0 unspecified atom stereocenters. The minimum atomic E-state index is -1.03. The van der Waals surface area contributed by atoms with Crippen molar-refractivity contribution >= 4 is 40.1 Å². The van der Waals surface area contributed by atoms with E-state index in [1.807, 2.05) is 19.1 Å². The van der Waals surface area contributed by atoms with Crippen LogP contribution in [-0.4, -0.2) is 18.3 Å². The van der Waals surface area contributed by atoms with Crippen LogP contribution in [0, 0.1) is 10.5 Å². The first-order chi connectivity index (χ1) is 9.54. The Hall–Kier alpha value is -1.76. The SMILES string of the molecule is COc1cccc(N(C(=O)O)c2ccc(C)cc2)c1I. The molecule has 0 atom stereocenters. The highest BCUT2D eigenvalue weighted by molar-refractivity contribution is 14.1. The molecule has 2 aromatic carbocycles. The summed E-state index contributed by atoms with van der Waals surface area (Å²) in [6, 6.07) is 12.7. The maximum absolute atomic E-state index is 11.6. The van der Waals surface area contributed by atoms with Gasteiger partial charge in [0.05, 0.1) is 22.1 Å². The van der Waals surface area contributed by atoms with Gasteiger partial charge in [-0.1, -0.05) is 23.8 Å². The van der Waals surface area contributed by atoms with Crippen molar-refractivity contribution in [2.45, 2.75) is 6.92 Å². The fourth-order valence-electron chi connectivity index (χ4n) is 1.88. The quantitative estimate of drug-likeness (QED) is 0.799. The third-order valence-electron chi connectivity index (χ3n) is 2.89. The summed E-state index contributed by atoms with van der Waals surface area (Å²) >= 11 is 2.09. The Kier molecular flexibility index (Phi) is 4.49. The van der Waals surface area contributed by atoms with Crippen molar-refractivity contribution in [1.82, 2.24) is 0 Å². The van der Waals surface area contributed by atoms with Gasteiger partial charge >= 0.3 is 6.09 Å². The lowest BCUT2D eigenvalue weighted by Crippen LogP contribution is -2.24. The van der Waals surface area contributed by atoms with Crippen LogP contribution in [0.1, 0.15) is 5.56 Å². The first-order valence-electron chi connectivity index (χ1n) is 5.97. The zero-order valence-electron chi connectivity index (χ0n) is 11.1. The molecule has 4 nitrogen and oxygen atoms in total. The largest absolute Gasteiger partial charge is 0.496 e. The van der Waals surface area contributed by atoms with Crippen LogP contribution in [0.4, 0.5) is 16.2 Å². The van der Waals surface area contributed by atoms with Gasteiger partial charge in [-0.2, -0.15) is 0 Å². The number of carboxylic acid groups (broad SMARTS) is 1. The highest BCUT2D eigenvalue weighted by atomic mass is 127. The van der Waals surface area contributed by atoms with E-state index in [2.05, 4.69) is 22.6 Å². The zero-order chi connectivity index (χ0) is 14.7. The average Bonchev–Trinajstić information content (AvgIpc) is 2.43. The molecule has 0 radical (unpaired) electrons. The highest BCUT2D eigenvalue weighted by Gasteiger charge is 2.20. The van der Waals surface area contributed by atoms with Gasteiger partial charge < -0.3 is 9.84 Å². The van der Waals surface area contributed by atoms with Gasteiger partial charge in [0.2, 0.25) is 0 Å². The smallest absolute Gasteiger partial charge is 0.416 e. The molecule has 0 aliphatic heterocycles. The van der Waals surface area contributed by atoms with Crippen molar-refractivity contribution < 1.29 is 14.6 Å². The molecule has 0 saturated carbocycles. The van der Waals surface area contributed by atoms with Gasteiger partial charge in [0.15, 0.2) is 0 Å². The van der Waals surface area contributed by atoms with E-state index in [4.69, 9.17) is 4.74 Å². The number of benzene rings is 2. The summed E-state index contributed by atoms with van der Waals surface area (Å²) in [6.07, 6.45) is -1.03. The lowest BCUT2D eigenvalue weighted by atomic mass is 10.2. The summed E-state index contributed by atoms with van der Waals surface area (Å²) < 4.78 is 6.00. The van der Waals surface area contributed by atoms with Gasteiger partial charge in [-0.05, 0) is 53.8 Å². The summed E-state index contributed by atoms with van der Waals surface area (Å²) in [6.45, 7) is 1.96. The Morgan fingerprint density at radius 2 is 1.85 bits per heavy atom. The first-order valence-corrected chi connectivity index (χ1v) is 7.04. The Labute approximate surface area is 131 Å². The molecule has 5 heteroatoms. The minimum absolute atomic E-state index is 0.585. The number of hydrogen-bond donors (Lipinski definition) is 1. The van der Waals surface area contributed by atoms with Gasteiger partial charge in [0, 0.05) is 0 Å². The third kappa shape index (κ3) is 2.87. The Balaban J connectivity index is 2.54. The minimum Gasteiger partial charge on any atom is -0.496 e. The summed E-state index contributed by atoms with van der Waals surface area (Å²) in [5.74, 6) is 0.654. The number of aryl methyl sites for hydroxylation is 1. The molecular formula is C15H14INO3. The van der Waals surface area contributed by atoms with Crippen LogP contribution < -0.4 is 9.64 Å². The molecule has 20 heavy (non-hydrogen) atoms. The van der Waals surface area contributed by atoms with Crippen molar-refractivity contribution in [3.63, 3.8) is 0 Å². The molecule has 0 saturated heterocycles. The maximum atomic E-state index is 11.6. The first kappa shape index (κ1) is 14.6. The summed E-state index contributed by atoms with van der Waals surface area (Å²) in [4.78, 5) is 12.9. The van der Waals surface area contributed by atoms with Crippen LogP contribution in [0.5, 0.6) is 5.75 Å². The molecule has 0 aliphatic carbocycles. The van der Waals surface area contributed by atoms with Crippen LogP contribution in [0.2, 0.25) is 0 Å². The molecule has 104 valence electrons. The topological polar surface area (TPSA) is 49.8 Å². The highest BCUT2D eigenvalue weighted by Crippen LogP contribution is 2.35. The van der Waals surface area contributed by atoms with Crippen molar-refractivity contribution in [2.75, 3.05) is 12.0 Å². The lowest BCUT2D eigenvalue weighted by molar-refractivity contribution is 0.204. The number of halogens is 1. The van der Waals surface area contributed by atoms with Crippen molar-refractivity contribution in [1.29, 1.82) is 0 Å². The molecule has 1 amide bonds. The van der Waals surface area contributed by atoms with Crippen molar-refractivity contribution in [3.8, 4) is 5.75 Å². The van der Waals surface area contributed by atoms with Crippen LogP contribution in [0.3, 0.4) is 0 Å². The number of carbonyl (C=O) groups is 1. The number of rotatable bonds is 3. The lowest BCUT2D eigenvalue weighted by Gasteiger charge is -2.21. The molecule has 0 fully saturated rings. The van der Waals surface area contributed by atoms with E-state index in [0.29, 0.717) is 17.1 Å². The van der Waals surface area contributed by atoms with Crippen LogP contribution in [-0.2, 0) is 0 Å². The second-order valence-electron chi connectivity index (χ2n) is 4.25. The molecule has 0 heterocycles. The standard InChI is InChI=1S/C15H14INO3/c1-10-6-8-11(9-7-10)17(15(18)19)12-4-3-5-13(20-2)14(12)16/h3-9H,1-2H3,(H,18,19). The van der Waals surface area contributed by atoms with E-state index in [-0.39, 0.29) is 0 Å². The predicted molar refractivity (Wildman–Crippen MR) is 87.1 cm³/mol. The van der Waals surface area contributed by atoms with Gasteiger partial charge in [-0.15, -0.1) is 0 Å². The monoisotopic (exact) mass is 383 g/mol. The number of anilines is 2. The second-order valence-corrected chi connectivity index (χ2v) is 5.33.